The Morgan fingerprint density at radius 2 is 2.05 bits per heavy atom. The fourth-order valence-electron chi connectivity index (χ4n) is 3.00. The number of hydrogen-bond acceptors (Lipinski definition) is 3. The molecule has 0 amide bonds. The van der Waals surface area contributed by atoms with Crippen molar-refractivity contribution in [1.29, 1.82) is 0 Å². The second-order valence-electron chi connectivity index (χ2n) is 5.73. The van der Waals surface area contributed by atoms with E-state index in [0.29, 0.717) is 6.04 Å². The topological polar surface area (TPSA) is 24.4 Å². The summed E-state index contributed by atoms with van der Waals surface area (Å²) in [6.07, 6.45) is 5.41. The van der Waals surface area contributed by atoms with Crippen molar-refractivity contribution in [3.63, 3.8) is 0 Å². The zero-order valence-electron chi connectivity index (χ0n) is 11.8. The molecule has 2 atom stereocenters. The smallest absolute Gasteiger partial charge is 0.161 e. The number of fused-ring (bicyclic) bond motifs is 1. The van der Waals surface area contributed by atoms with Gasteiger partial charge in [0.2, 0.25) is 0 Å². The molecule has 1 aliphatic carbocycles. The predicted molar refractivity (Wildman–Crippen MR) is 85.2 cm³/mol. The highest BCUT2D eigenvalue weighted by molar-refractivity contribution is 8.14. The highest BCUT2D eigenvalue weighted by Crippen LogP contribution is 2.34. The summed E-state index contributed by atoms with van der Waals surface area (Å²) in [6.45, 7) is 4.34. The first-order valence-electron chi connectivity index (χ1n) is 7.28. The molecule has 19 heavy (non-hydrogen) atoms. The molecule has 0 bridgehead atoms. The molecule has 2 nitrogen and oxygen atoms in total. The van der Waals surface area contributed by atoms with E-state index in [0.717, 1.165) is 11.1 Å². The fourth-order valence-corrected chi connectivity index (χ4v) is 4.15. The number of thioether (sulfide) groups is 1. The molecule has 1 fully saturated rings. The molecular formula is C16H22N2S. The highest BCUT2D eigenvalue weighted by atomic mass is 32.2. The third kappa shape index (κ3) is 2.81. The maximum atomic E-state index is 4.94. The molecule has 1 aliphatic heterocycles. The Morgan fingerprint density at radius 1 is 1.21 bits per heavy atom. The quantitative estimate of drug-likeness (QED) is 0.822. The van der Waals surface area contributed by atoms with E-state index >= 15 is 0 Å². The molecule has 2 aliphatic rings. The molecule has 0 spiro atoms. The Bertz CT molecular complexity index is 496. The molecule has 0 radical (unpaired) electrons. The van der Waals surface area contributed by atoms with Crippen LogP contribution in [0.3, 0.4) is 0 Å². The van der Waals surface area contributed by atoms with Crippen LogP contribution in [0.1, 0.15) is 36.8 Å². The first-order valence-corrected chi connectivity index (χ1v) is 8.26. The Kier molecular flexibility index (Phi) is 3.83. The average molecular weight is 274 g/mol. The molecule has 0 saturated heterocycles. The number of nitrogens with one attached hydrogen (secondary N) is 1. The zero-order chi connectivity index (χ0) is 13.2. The molecule has 2 unspecified atom stereocenters. The lowest BCUT2D eigenvalue weighted by Gasteiger charge is -2.33. The number of amidine groups is 1. The molecule has 1 aromatic rings. The van der Waals surface area contributed by atoms with Gasteiger partial charge in [0.05, 0.1) is 6.04 Å². The normalized spacial score (nSPS) is 26.5. The average Bonchev–Trinajstić information content (AvgIpc) is 2.44. The van der Waals surface area contributed by atoms with E-state index in [1.54, 1.807) is 0 Å². The van der Waals surface area contributed by atoms with Gasteiger partial charge in [0, 0.05) is 11.4 Å². The van der Waals surface area contributed by atoms with Gasteiger partial charge in [0.1, 0.15) is 0 Å². The van der Waals surface area contributed by atoms with Gasteiger partial charge in [0.15, 0.2) is 5.17 Å². The Balaban J connectivity index is 1.76. The standard InChI is InChI=1S/C16H22N2S/c1-11-6-5-9-14(12(11)2)17-16-18-15-8-4-3-7-13(15)10-19-16/h5-6,9,13,15H,3-4,7-8,10H2,1-2H3,(H,17,18). The van der Waals surface area contributed by atoms with Crippen LogP contribution >= 0.6 is 11.8 Å². The highest BCUT2D eigenvalue weighted by Gasteiger charge is 2.29. The number of anilines is 1. The summed E-state index contributed by atoms with van der Waals surface area (Å²) in [5.74, 6) is 2.06. The van der Waals surface area contributed by atoms with Crippen LogP contribution < -0.4 is 5.32 Å². The van der Waals surface area contributed by atoms with Gasteiger partial charge in [-0.05, 0) is 49.8 Å². The van der Waals surface area contributed by atoms with Gasteiger partial charge in [0.25, 0.3) is 0 Å². The molecule has 1 saturated carbocycles. The van der Waals surface area contributed by atoms with Crippen molar-refractivity contribution in [2.75, 3.05) is 11.1 Å². The van der Waals surface area contributed by atoms with Gasteiger partial charge >= 0.3 is 0 Å². The van der Waals surface area contributed by atoms with Gasteiger partial charge < -0.3 is 5.32 Å². The van der Waals surface area contributed by atoms with Crippen molar-refractivity contribution < 1.29 is 0 Å². The van der Waals surface area contributed by atoms with Crippen molar-refractivity contribution >= 4 is 22.6 Å². The molecule has 102 valence electrons. The summed E-state index contributed by atoms with van der Waals surface area (Å²) in [7, 11) is 0. The monoisotopic (exact) mass is 274 g/mol. The number of hydrogen-bond donors (Lipinski definition) is 1. The summed E-state index contributed by atoms with van der Waals surface area (Å²) in [5.41, 5.74) is 3.87. The summed E-state index contributed by atoms with van der Waals surface area (Å²) in [5, 5.41) is 4.66. The van der Waals surface area contributed by atoms with Gasteiger partial charge in [-0.3, -0.25) is 4.99 Å². The maximum Gasteiger partial charge on any atom is 0.161 e. The first-order chi connectivity index (χ1) is 9.24. The van der Waals surface area contributed by atoms with Crippen molar-refractivity contribution in [1.82, 2.24) is 0 Å². The minimum absolute atomic E-state index is 0.572. The fraction of sp³-hybridized carbons (Fsp3) is 0.562. The van der Waals surface area contributed by atoms with Crippen LogP contribution in [0, 0.1) is 19.8 Å². The predicted octanol–water partition coefficient (Wildman–Crippen LogP) is 4.38. The third-order valence-electron chi connectivity index (χ3n) is 4.43. The number of benzene rings is 1. The van der Waals surface area contributed by atoms with Gasteiger partial charge in [-0.2, -0.15) is 0 Å². The molecule has 3 heteroatoms. The maximum absolute atomic E-state index is 4.94. The second kappa shape index (κ2) is 5.58. The Morgan fingerprint density at radius 3 is 2.95 bits per heavy atom. The number of aryl methyl sites for hydroxylation is 1. The van der Waals surface area contributed by atoms with E-state index in [4.69, 9.17) is 4.99 Å². The lowest BCUT2D eigenvalue weighted by Crippen LogP contribution is -2.31. The van der Waals surface area contributed by atoms with Crippen LogP contribution in [0.4, 0.5) is 5.69 Å². The minimum atomic E-state index is 0.572. The van der Waals surface area contributed by atoms with E-state index in [1.807, 2.05) is 11.8 Å². The molecular weight excluding hydrogens is 252 g/mol. The van der Waals surface area contributed by atoms with Crippen LogP contribution in [-0.2, 0) is 0 Å². The SMILES string of the molecule is Cc1cccc(NC2=NC3CCCCC3CS2)c1C. The summed E-state index contributed by atoms with van der Waals surface area (Å²) in [6, 6.07) is 7.00. The molecule has 1 heterocycles. The number of aliphatic imine (C=N–C) groups is 1. The van der Waals surface area contributed by atoms with Crippen molar-refractivity contribution in [2.24, 2.45) is 10.9 Å². The van der Waals surface area contributed by atoms with Gasteiger partial charge in [-0.25, -0.2) is 0 Å². The molecule has 3 rings (SSSR count). The lowest BCUT2D eigenvalue weighted by atomic mass is 9.86. The van der Waals surface area contributed by atoms with Crippen LogP contribution in [0.5, 0.6) is 0 Å². The van der Waals surface area contributed by atoms with Crippen molar-refractivity contribution in [3.8, 4) is 0 Å². The van der Waals surface area contributed by atoms with Gasteiger partial charge in [-0.15, -0.1) is 0 Å². The van der Waals surface area contributed by atoms with E-state index in [9.17, 15) is 0 Å². The minimum Gasteiger partial charge on any atom is -0.335 e. The zero-order valence-corrected chi connectivity index (χ0v) is 12.6. The Labute approximate surface area is 120 Å². The van der Waals surface area contributed by atoms with E-state index in [1.165, 1.54) is 48.3 Å². The number of nitrogens with zero attached hydrogens (tertiary/aromatic N) is 1. The third-order valence-corrected chi connectivity index (χ3v) is 5.51. The van der Waals surface area contributed by atoms with Crippen molar-refractivity contribution in [3.05, 3.63) is 29.3 Å². The molecule has 1 N–H and O–H groups in total. The van der Waals surface area contributed by atoms with Gasteiger partial charge in [-0.1, -0.05) is 36.7 Å². The van der Waals surface area contributed by atoms with Crippen molar-refractivity contribution in [2.45, 2.75) is 45.6 Å². The molecule has 1 aromatic carbocycles. The summed E-state index contributed by atoms with van der Waals surface area (Å²) in [4.78, 5) is 4.94. The Hall–Kier alpha value is -0.960. The van der Waals surface area contributed by atoms with Crippen LogP contribution in [0.15, 0.2) is 23.2 Å². The first kappa shape index (κ1) is 13.0. The van der Waals surface area contributed by atoms with Crippen LogP contribution in [0.2, 0.25) is 0 Å². The second-order valence-corrected chi connectivity index (χ2v) is 6.74. The van der Waals surface area contributed by atoms with E-state index in [-0.39, 0.29) is 0 Å². The summed E-state index contributed by atoms with van der Waals surface area (Å²) < 4.78 is 0. The lowest BCUT2D eigenvalue weighted by molar-refractivity contribution is 0.336. The summed E-state index contributed by atoms with van der Waals surface area (Å²) >= 11 is 1.90. The van der Waals surface area contributed by atoms with Crippen LogP contribution in [0.25, 0.3) is 0 Å². The molecule has 0 aromatic heterocycles. The van der Waals surface area contributed by atoms with Crippen LogP contribution in [-0.4, -0.2) is 17.0 Å². The van der Waals surface area contributed by atoms with E-state index in [2.05, 4.69) is 37.4 Å². The number of rotatable bonds is 1. The van der Waals surface area contributed by atoms with E-state index < -0.39 is 0 Å². The largest absolute Gasteiger partial charge is 0.335 e.